The Balaban J connectivity index is 0.000000606. The lowest BCUT2D eigenvalue weighted by Gasteiger charge is -2.24. The van der Waals surface area contributed by atoms with Crippen LogP contribution in [-0.4, -0.2) is 28.9 Å². The van der Waals surface area contributed by atoms with Gasteiger partial charge in [0.25, 0.3) is 0 Å². The maximum atomic E-state index is 10.8. The number of carbonyl (C=O) groups is 1. The van der Waals surface area contributed by atoms with Crippen molar-refractivity contribution in [2.24, 2.45) is 5.73 Å². The number of primary amides is 1. The van der Waals surface area contributed by atoms with Gasteiger partial charge in [-0.3, -0.25) is 9.69 Å². The van der Waals surface area contributed by atoms with Crippen LogP contribution in [0.25, 0.3) is 0 Å². The van der Waals surface area contributed by atoms with Crippen molar-refractivity contribution >= 4 is 17.2 Å². The average molecular weight is 241 g/mol. The number of carbonyl (C=O) groups excluding carboxylic acids is 1. The smallest absolute Gasteiger partial charge is 0.231 e. The zero-order valence-electron chi connectivity index (χ0n) is 10.1. The molecule has 0 aliphatic carbocycles. The van der Waals surface area contributed by atoms with E-state index in [-0.39, 0.29) is 5.91 Å². The quantitative estimate of drug-likeness (QED) is 0.849. The van der Waals surface area contributed by atoms with Crippen molar-refractivity contribution in [2.45, 2.75) is 33.7 Å². The fourth-order valence-corrected chi connectivity index (χ4v) is 2.76. The molecule has 1 aliphatic rings. The molecule has 0 saturated carbocycles. The van der Waals surface area contributed by atoms with Crippen LogP contribution in [0, 0.1) is 6.92 Å². The van der Waals surface area contributed by atoms with Gasteiger partial charge in [0.05, 0.1) is 17.2 Å². The lowest BCUT2D eigenvalue weighted by molar-refractivity contribution is -0.119. The summed E-state index contributed by atoms with van der Waals surface area (Å²) in [6.07, 6.45) is 0.937. The van der Waals surface area contributed by atoms with Crippen molar-refractivity contribution in [3.8, 4) is 0 Å². The Morgan fingerprint density at radius 3 is 2.88 bits per heavy atom. The standard InChI is InChI=1S/C9H13N3OS.C2H6/c1-6-11-7-2-3-12(5-9(10)13)4-8(7)14-6;1-2/h2-5H2,1H3,(H2,10,13);1-2H3. The van der Waals surface area contributed by atoms with E-state index in [1.54, 1.807) is 11.3 Å². The van der Waals surface area contributed by atoms with E-state index in [9.17, 15) is 4.79 Å². The molecule has 0 fully saturated rings. The van der Waals surface area contributed by atoms with E-state index in [1.165, 1.54) is 10.6 Å². The number of hydrogen-bond donors (Lipinski definition) is 1. The molecular weight excluding hydrogens is 222 g/mol. The molecule has 1 aromatic heterocycles. The Labute approximate surface area is 100 Å². The van der Waals surface area contributed by atoms with Crippen LogP contribution in [0.4, 0.5) is 0 Å². The predicted octanol–water partition coefficient (Wildman–Crippen LogP) is 1.32. The summed E-state index contributed by atoms with van der Waals surface area (Å²) in [5, 5.41) is 1.11. The van der Waals surface area contributed by atoms with Crippen LogP contribution in [0.1, 0.15) is 29.4 Å². The van der Waals surface area contributed by atoms with Gasteiger partial charge in [0.15, 0.2) is 0 Å². The van der Waals surface area contributed by atoms with Crippen molar-refractivity contribution < 1.29 is 4.79 Å². The molecule has 1 aliphatic heterocycles. The van der Waals surface area contributed by atoms with E-state index >= 15 is 0 Å². The SMILES string of the molecule is CC.Cc1nc2c(s1)CN(CC(N)=O)CC2. The summed E-state index contributed by atoms with van der Waals surface area (Å²) >= 11 is 1.72. The van der Waals surface area contributed by atoms with Crippen molar-refractivity contribution in [1.82, 2.24) is 9.88 Å². The van der Waals surface area contributed by atoms with Gasteiger partial charge in [-0.25, -0.2) is 4.98 Å². The maximum absolute atomic E-state index is 10.8. The number of hydrogen-bond acceptors (Lipinski definition) is 4. The second-order valence-electron chi connectivity index (χ2n) is 3.53. The highest BCUT2D eigenvalue weighted by molar-refractivity contribution is 7.11. The fraction of sp³-hybridized carbons (Fsp3) is 0.636. The van der Waals surface area contributed by atoms with Crippen LogP contribution >= 0.6 is 11.3 Å². The normalized spacial score (nSPS) is 14.9. The van der Waals surface area contributed by atoms with Gasteiger partial charge in [-0.05, 0) is 6.92 Å². The molecule has 4 nitrogen and oxygen atoms in total. The summed E-state index contributed by atoms with van der Waals surface area (Å²) in [6, 6.07) is 0. The molecule has 0 saturated heterocycles. The number of thiazole rings is 1. The van der Waals surface area contributed by atoms with E-state index in [2.05, 4.69) is 9.88 Å². The summed E-state index contributed by atoms with van der Waals surface area (Å²) in [4.78, 5) is 18.6. The Kier molecular flexibility index (Phi) is 4.89. The van der Waals surface area contributed by atoms with E-state index in [0.29, 0.717) is 6.54 Å². The Morgan fingerprint density at radius 1 is 1.56 bits per heavy atom. The third-order valence-corrected chi connectivity index (χ3v) is 3.29. The van der Waals surface area contributed by atoms with Gasteiger partial charge in [0, 0.05) is 24.4 Å². The molecule has 1 aromatic rings. The molecule has 2 heterocycles. The summed E-state index contributed by atoms with van der Waals surface area (Å²) in [6.45, 7) is 8.08. The highest BCUT2D eigenvalue weighted by Crippen LogP contribution is 2.24. The van der Waals surface area contributed by atoms with Gasteiger partial charge in [0.1, 0.15) is 0 Å². The van der Waals surface area contributed by atoms with Gasteiger partial charge < -0.3 is 5.73 Å². The minimum absolute atomic E-state index is 0.255. The molecule has 5 heteroatoms. The molecular formula is C11H19N3OS. The number of nitrogens with two attached hydrogens (primary N) is 1. The van der Waals surface area contributed by atoms with Crippen molar-refractivity contribution in [3.63, 3.8) is 0 Å². The van der Waals surface area contributed by atoms with Crippen LogP contribution in [-0.2, 0) is 17.8 Å². The van der Waals surface area contributed by atoms with Gasteiger partial charge >= 0.3 is 0 Å². The Hall–Kier alpha value is -0.940. The van der Waals surface area contributed by atoms with Crippen molar-refractivity contribution in [2.75, 3.05) is 13.1 Å². The number of amides is 1. The van der Waals surface area contributed by atoms with Gasteiger partial charge in [-0.2, -0.15) is 0 Å². The molecule has 2 rings (SSSR count). The third-order valence-electron chi connectivity index (χ3n) is 2.30. The molecule has 90 valence electrons. The van der Waals surface area contributed by atoms with Crippen LogP contribution in [0.15, 0.2) is 0 Å². The molecule has 16 heavy (non-hydrogen) atoms. The van der Waals surface area contributed by atoms with Crippen molar-refractivity contribution in [3.05, 3.63) is 15.6 Å². The van der Waals surface area contributed by atoms with Crippen molar-refractivity contribution in [1.29, 1.82) is 0 Å². The van der Waals surface area contributed by atoms with Crippen LogP contribution < -0.4 is 5.73 Å². The number of aryl methyl sites for hydroxylation is 1. The third kappa shape index (κ3) is 3.28. The predicted molar refractivity (Wildman–Crippen MR) is 66.4 cm³/mol. The topological polar surface area (TPSA) is 59.2 Å². The Bertz CT molecular complexity index is 362. The molecule has 0 unspecified atom stereocenters. The molecule has 0 spiro atoms. The summed E-state index contributed by atoms with van der Waals surface area (Å²) < 4.78 is 0. The van der Waals surface area contributed by atoms with Crippen LogP contribution in [0.5, 0.6) is 0 Å². The van der Waals surface area contributed by atoms with Crippen LogP contribution in [0.2, 0.25) is 0 Å². The largest absolute Gasteiger partial charge is 0.369 e. The van der Waals surface area contributed by atoms with Gasteiger partial charge in [0.2, 0.25) is 5.91 Å². The molecule has 2 N–H and O–H groups in total. The minimum Gasteiger partial charge on any atom is -0.369 e. The number of rotatable bonds is 2. The molecule has 0 aromatic carbocycles. The summed E-state index contributed by atoms with van der Waals surface area (Å²) in [5.74, 6) is -0.255. The Morgan fingerprint density at radius 2 is 2.25 bits per heavy atom. The lowest BCUT2D eigenvalue weighted by atomic mass is 10.2. The zero-order chi connectivity index (χ0) is 12.1. The minimum atomic E-state index is -0.255. The second-order valence-corrected chi connectivity index (χ2v) is 4.82. The first-order valence-electron chi connectivity index (χ1n) is 5.61. The first kappa shape index (κ1) is 13.1. The fourth-order valence-electron chi connectivity index (χ4n) is 1.73. The van der Waals surface area contributed by atoms with Gasteiger partial charge in [-0.15, -0.1) is 11.3 Å². The number of aromatic nitrogens is 1. The van der Waals surface area contributed by atoms with Gasteiger partial charge in [-0.1, -0.05) is 13.8 Å². The molecule has 0 bridgehead atoms. The van der Waals surface area contributed by atoms with E-state index < -0.39 is 0 Å². The zero-order valence-corrected chi connectivity index (χ0v) is 10.9. The molecule has 0 atom stereocenters. The van der Waals surface area contributed by atoms with Crippen LogP contribution in [0.3, 0.4) is 0 Å². The van der Waals surface area contributed by atoms with E-state index in [4.69, 9.17) is 5.73 Å². The lowest BCUT2D eigenvalue weighted by Crippen LogP contribution is -2.37. The first-order chi connectivity index (χ1) is 7.65. The summed E-state index contributed by atoms with van der Waals surface area (Å²) in [7, 11) is 0. The number of nitrogens with zero attached hydrogens (tertiary/aromatic N) is 2. The molecule has 1 amide bonds. The van der Waals surface area contributed by atoms with E-state index in [0.717, 1.165) is 24.5 Å². The monoisotopic (exact) mass is 241 g/mol. The van der Waals surface area contributed by atoms with E-state index in [1.807, 2.05) is 20.8 Å². The highest BCUT2D eigenvalue weighted by atomic mass is 32.1. The average Bonchev–Trinajstić information content (AvgIpc) is 2.59. The second kappa shape index (κ2) is 5.96. The maximum Gasteiger partial charge on any atom is 0.231 e. The molecule has 0 radical (unpaired) electrons. The highest BCUT2D eigenvalue weighted by Gasteiger charge is 2.20. The number of fused-ring (bicyclic) bond motifs is 1. The summed E-state index contributed by atoms with van der Waals surface area (Å²) in [5.41, 5.74) is 6.36. The first-order valence-corrected chi connectivity index (χ1v) is 6.42.